The number of allylic oxidation sites excluding steroid dienone is 1. The van der Waals surface area contributed by atoms with Crippen molar-refractivity contribution in [2.24, 2.45) is 0 Å². The van der Waals surface area contributed by atoms with Crippen LogP contribution in [0.5, 0.6) is 0 Å². The predicted octanol–water partition coefficient (Wildman–Crippen LogP) is 4.99. The number of nitrogens with zero attached hydrogens (tertiary/aromatic N) is 1. The van der Waals surface area contributed by atoms with Gasteiger partial charge in [-0.15, -0.1) is 0 Å². The van der Waals surface area contributed by atoms with Gasteiger partial charge in [0, 0.05) is 29.2 Å². The lowest BCUT2D eigenvalue weighted by Gasteiger charge is -2.30. The fourth-order valence-electron chi connectivity index (χ4n) is 4.31. The van der Waals surface area contributed by atoms with E-state index >= 15 is 0 Å². The zero-order valence-corrected chi connectivity index (χ0v) is 21.1. The number of benzene rings is 4. The van der Waals surface area contributed by atoms with Gasteiger partial charge in [-0.3, -0.25) is 13.9 Å². The van der Waals surface area contributed by atoms with Crippen molar-refractivity contribution in [2.75, 3.05) is 19.0 Å². The number of carbonyl (C=O) groups excluding carboxylic acids is 2. The molecule has 0 bridgehead atoms. The number of nitrogens with one attached hydrogen (secondary N) is 1. The average Bonchev–Trinajstić information content (AvgIpc) is 2.90. The molecule has 5 rings (SSSR count). The Balaban J connectivity index is 1.52. The maximum absolute atomic E-state index is 13.6. The van der Waals surface area contributed by atoms with Crippen LogP contribution in [-0.2, 0) is 19.6 Å². The lowest BCUT2D eigenvalue weighted by atomic mass is 10.0. The molecule has 186 valence electrons. The molecule has 37 heavy (non-hydrogen) atoms. The van der Waals surface area contributed by atoms with Gasteiger partial charge < -0.3 is 10.1 Å². The van der Waals surface area contributed by atoms with E-state index in [0.29, 0.717) is 11.3 Å². The number of anilines is 1. The number of amides is 1. The number of rotatable bonds is 6. The molecule has 0 saturated heterocycles. The van der Waals surface area contributed by atoms with Crippen LogP contribution in [0.4, 0.5) is 5.69 Å². The van der Waals surface area contributed by atoms with E-state index in [9.17, 15) is 18.0 Å². The molecule has 0 saturated carbocycles. The molecule has 0 aliphatic carbocycles. The predicted molar refractivity (Wildman–Crippen MR) is 142 cm³/mol. The molecule has 4 aromatic carbocycles. The Morgan fingerprint density at radius 1 is 0.865 bits per heavy atom. The Hall–Kier alpha value is -4.43. The number of carbonyl (C=O) groups is 2. The second-order valence-corrected chi connectivity index (χ2v) is 10.6. The third-order valence-electron chi connectivity index (χ3n) is 6.24. The molecule has 1 aliphatic heterocycles. The van der Waals surface area contributed by atoms with Crippen molar-refractivity contribution in [3.63, 3.8) is 0 Å². The van der Waals surface area contributed by atoms with Gasteiger partial charge in [0.1, 0.15) is 5.70 Å². The molecule has 4 aromatic rings. The Kier molecular flexibility index (Phi) is 6.27. The molecule has 0 unspecified atom stereocenters. The SMILES string of the molecule is Cc1ccc(C(=O)C2=C(OCC(=O)Nc3cccc4ccccc34)c3ccccc3S(=O)(=O)N2C)cc1. The summed E-state index contributed by atoms with van der Waals surface area (Å²) in [6.07, 6.45) is 0. The van der Waals surface area contributed by atoms with Gasteiger partial charge in [-0.1, -0.05) is 78.4 Å². The second kappa shape index (κ2) is 9.55. The summed E-state index contributed by atoms with van der Waals surface area (Å²) in [7, 11) is -2.69. The lowest BCUT2D eigenvalue weighted by Crippen LogP contribution is -2.36. The van der Waals surface area contributed by atoms with E-state index in [-0.39, 0.29) is 21.9 Å². The molecule has 7 nitrogen and oxygen atoms in total. The Labute approximate surface area is 215 Å². The summed E-state index contributed by atoms with van der Waals surface area (Å²) < 4.78 is 33.4. The quantitative estimate of drug-likeness (QED) is 0.368. The van der Waals surface area contributed by atoms with Crippen LogP contribution in [0, 0.1) is 6.92 Å². The molecule has 1 amide bonds. The van der Waals surface area contributed by atoms with Crippen LogP contribution >= 0.6 is 0 Å². The van der Waals surface area contributed by atoms with Crippen LogP contribution in [0.15, 0.2) is 102 Å². The highest BCUT2D eigenvalue weighted by molar-refractivity contribution is 7.89. The van der Waals surface area contributed by atoms with E-state index in [0.717, 1.165) is 20.6 Å². The largest absolute Gasteiger partial charge is 0.481 e. The molecule has 1 heterocycles. The minimum absolute atomic E-state index is 0.00224. The fourth-order valence-corrected chi connectivity index (χ4v) is 5.70. The first-order valence-corrected chi connectivity index (χ1v) is 13.1. The number of hydrogen-bond acceptors (Lipinski definition) is 5. The van der Waals surface area contributed by atoms with Crippen molar-refractivity contribution in [1.82, 2.24) is 4.31 Å². The Morgan fingerprint density at radius 2 is 1.54 bits per heavy atom. The lowest BCUT2D eigenvalue weighted by molar-refractivity contribution is -0.118. The van der Waals surface area contributed by atoms with Crippen molar-refractivity contribution in [1.29, 1.82) is 0 Å². The number of ether oxygens (including phenoxy) is 1. The average molecular weight is 513 g/mol. The third-order valence-corrected chi connectivity index (χ3v) is 8.06. The standard InChI is InChI=1S/C29H24N2O5S/c1-19-14-16-21(17-15-19)28(33)27-29(23-11-5-6-13-25(23)37(34,35)31(27)2)36-18-26(32)30-24-12-7-9-20-8-3-4-10-22(20)24/h3-17H,18H2,1-2H3,(H,30,32). The summed E-state index contributed by atoms with van der Waals surface area (Å²) in [5, 5.41) is 4.71. The summed E-state index contributed by atoms with van der Waals surface area (Å²) in [4.78, 5) is 26.5. The van der Waals surface area contributed by atoms with Gasteiger partial charge in [0.15, 0.2) is 12.4 Å². The van der Waals surface area contributed by atoms with Crippen LogP contribution in [-0.4, -0.2) is 38.1 Å². The van der Waals surface area contributed by atoms with Crippen LogP contribution in [0.25, 0.3) is 16.5 Å². The summed E-state index contributed by atoms with van der Waals surface area (Å²) in [5.74, 6) is -0.934. The minimum Gasteiger partial charge on any atom is -0.481 e. The molecule has 0 fully saturated rings. The van der Waals surface area contributed by atoms with Crippen molar-refractivity contribution >= 4 is 43.9 Å². The van der Waals surface area contributed by atoms with Gasteiger partial charge in [-0.2, -0.15) is 0 Å². The van der Waals surface area contributed by atoms with E-state index in [2.05, 4.69) is 5.32 Å². The van der Waals surface area contributed by atoms with Crippen LogP contribution in [0.2, 0.25) is 0 Å². The first-order chi connectivity index (χ1) is 17.8. The topological polar surface area (TPSA) is 92.8 Å². The summed E-state index contributed by atoms with van der Waals surface area (Å²) in [6, 6.07) is 26.3. The van der Waals surface area contributed by atoms with Crippen molar-refractivity contribution in [3.8, 4) is 0 Å². The molecule has 0 spiro atoms. The van der Waals surface area contributed by atoms with Gasteiger partial charge in [-0.25, -0.2) is 8.42 Å². The normalized spacial score (nSPS) is 14.3. The number of Topliss-reactive ketones (excluding diaryl/α,β-unsaturated/α-hetero) is 1. The number of likely N-dealkylation sites (N-methyl/N-ethyl adjacent to an activating group) is 1. The molecular formula is C29H24N2O5S. The van der Waals surface area contributed by atoms with Crippen molar-refractivity contribution < 1.29 is 22.7 Å². The highest BCUT2D eigenvalue weighted by Crippen LogP contribution is 2.38. The van der Waals surface area contributed by atoms with E-state index in [1.807, 2.05) is 43.3 Å². The number of ketones is 1. The van der Waals surface area contributed by atoms with Gasteiger partial charge in [0.05, 0.1) is 4.90 Å². The van der Waals surface area contributed by atoms with Crippen molar-refractivity contribution in [2.45, 2.75) is 11.8 Å². The zero-order chi connectivity index (χ0) is 26.2. The minimum atomic E-state index is -4.00. The monoisotopic (exact) mass is 512 g/mol. The summed E-state index contributed by atoms with van der Waals surface area (Å²) in [6.45, 7) is 1.47. The van der Waals surface area contributed by atoms with Crippen LogP contribution in [0.3, 0.4) is 0 Å². The van der Waals surface area contributed by atoms with E-state index in [1.165, 1.54) is 13.1 Å². The maximum Gasteiger partial charge on any atom is 0.265 e. The number of aryl methyl sites for hydroxylation is 1. The van der Waals surface area contributed by atoms with Gasteiger partial charge in [0.25, 0.3) is 15.9 Å². The molecule has 0 aromatic heterocycles. The molecule has 8 heteroatoms. The third kappa shape index (κ3) is 4.47. The highest BCUT2D eigenvalue weighted by Gasteiger charge is 2.39. The molecule has 1 N–H and O–H groups in total. The number of fused-ring (bicyclic) bond motifs is 2. The van der Waals surface area contributed by atoms with Gasteiger partial charge in [-0.05, 0) is 30.5 Å². The van der Waals surface area contributed by atoms with E-state index < -0.39 is 28.3 Å². The van der Waals surface area contributed by atoms with E-state index in [4.69, 9.17) is 4.74 Å². The summed E-state index contributed by atoms with van der Waals surface area (Å²) in [5.41, 5.74) is 1.97. The van der Waals surface area contributed by atoms with Gasteiger partial charge >= 0.3 is 0 Å². The van der Waals surface area contributed by atoms with Crippen molar-refractivity contribution in [3.05, 3.63) is 113 Å². The van der Waals surface area contributed by atoms with Gasteiger partial charge in [0.2, 0.25) is 5.78 Å². The smallest absolute Gasteiger partial charge is 0.265 e. The molecule has 1 aliphatic rings. The number of hydrogen-bond donors (Lipinski definition) is 1. The Bertz CT molecular complexity index is 1670. The summed E-state index contributed by atoms with van der Waals surface area (Å²) >= 11 is 0. The van der Waals surface area contributed by atoms with Crippen LogP contribution < -0.4 is 5.32 Å². The highest BCUT2D eigenvalue weighted by atomic mass is 32.2. The zero-order valence-electron chi connectivity index (χ0n) is 20.3. The first-order valence-electron chi connectivity index (χ1n) is 11.6. The van der Waals surface area contributed by atoms with E-state index in [1.54, 1.807) is 48.5 Å². The number of sulfonamides is 1. The molecule has 0 radical (unpaired) electrons. The second-order valence-electron chi connectivity index (χ2n) is 8.71. The van der Waals surface area contributed by atoms with Crippen LogP contribution in [0.1, 0.15) is 21.5 Å². The Morgan fingerprint density at radius 3 is 2.32 bits per heavy atom. The molecule has 0 atom stereocenters. The molecular weight excluding hydrogens is 488 g/mol. The fraction of sp³-hybridized carbons (Fsp3) is 0.103. The first kappa shape index (κ1) is 24.3. The maximum atomic E-state index is 13.6.